The zero-order valence-corrected chi connectivity index (χ0v) is 11.1. The van der Waals surface area contributed by atoms with Crippen LogP contribution in [0.2, 0.25) is 0 Å². The number of carbonyl (C=O) groups excluding carboxylic acids is 1. The maximum Gasteiger partial charge on any atom is 0.333 e. The van der Waals surface area contributed by atoms with Gasteiger partial charge < -0.3 is 20.1 Å². The van der Waals surface area contributed by atoms with Crippen molar-refractivity contribution in [3.05, 3.63) is 12.2 Å². The molecule has 0 rings (SSSR count). The van der Waals surface area contributed by atoms with Crippen LogP contribution in [0.15, 0.2) is 12.2 Å². The van der Waals surface area contributed by atoms with Crippen LogP contribution >= 0.6 is 0 Å². The van der Waals surface area contributed by atoms with Crippen molar-refractivity contribution in [1.29, 1.82) is 0 Å². The quantitative estimate of drug-likeness (QED) is 0.461. The summed E-state index contributed by atoms with van der Waals surface area (Å²) in [5, 5.41) is 24.7. The van der Waals surface area contributed by atoms with E-state index in [0.29, 0.717) is 12.0 Å². The third kappa shape index (κ3) is 12.4. The second kappa shape index (κ2) is 11.2. The number of aliphatic hydroxyl groups is 1. The van der Waals surface area contributed by atoms with Crippen molar-refractivity contribution in [1.82, 2.24) is 0 Å². The maximum absolute atomic E-state index is 10.5. The Bertz CT molecular complexity index is 322. The molecule has 1 unspecified atom stereocenters. The third-order valence-electron chi connectivity index (χ3n) is 1.94. The van der Waals surface area contributed by atoms with Gasteiger partial charge in [-0.3, -0.25) is 9.59 Å². The average molecular weight is 276 g/mol. The Morgan fingerprint density at radius 1 is 1.26 bits per heavy atom. The van der Waals surface area contributed by atoms with E-state index in [1.165, 1.54) is 0 Å². The molecule has 0 radical (unpaired) electrons. The molecule has 0 spiro atoms. The van der Waals surface area contributed by atoms with E-state index < -0.39 is 23.8 Å². The number of esters is 1. The highest BCUT2D eigenvalue weighted by molar-refractivity contribution is 5.86. The lowest BCUT2D eigenvalue weighted by atomic mass is 10.0. The number of hydrogen-bond donors (Lipinski definition) is 3. The molecule has 1 atom stereocenters. The monoisotopic (exact) mass is 276 g/mol. The van der Waals surface area contributed by atoms with Crippen LogP contribution in [0.3, 0.4) is 0 Å². The van der Waals surface area contributed by atoms with Crippen molar-refractivity contribution in [3.8, 4) is 0 Å². The molecule has 0 aliphatic rings. The predicted molar refractivity (Wildman–Crippen MR) is 66.5 cm³/mol. The molecule has 0 saturated carbocycles. The molecule has 3 N–H and O–H groups in total. The van der Waals surface area contributed by atoms with Crippen molar-refractivity contribution in [2.75, 3.05) is 13.2 Å². The third-order valence-corrected chi connectivity index (χ3v) is 1.94. The minimum Gasteiger partial charge on any atom is -0.481 e. The molecule has 0 amide bonds. The first-order valence-electron chi connectivity index (χ1n) is 5.64. The Balaban J connectivity index is 0. The van der Waals surface area contributed by atoms with E-state index in [0.717, 1.165) is 0 Å². The first-order chi connectivity index (χ1) is 8.76. The molecule has 7 nitrogen and oxygen atoms in total. The van der Waals surface area contributed by atoms with Crippen LogP contribution in [-0.4, -0.2) is 46.4 Å². The van der Waals surface area contributed by atoms with Crippen molar-refractivity contribution in [2.24, 2.45) is 5.92 Å². The summed E-state index contributed by atoms with van der Waals surface area (Å²) in [5.41, 5.74) is 0.350. The lowest BCUT2D eigenvalue weighted by molar-refractivity contribution is -0.148. The van der Waals surface area contributed by atoms with Crippen molar-refractivity contribution < 1.29 is 34.4 Å². The standard InChI is InChI=1S/C6H10O4.C6H10O3/c1-2-4(6(9)10)3-5(7)8;1-5(2)6(8)9-4-3-7/h4H,2-3H2,1H3,(H,7,8)(H,9,10);7H,1,3-4H2,2H3. The van der Waals surface area contributed by atoms with Gasteiger partial charge in [-0.2, -0.15) is 0 Å². The predicted octanol–water partition coefficient (Wildman–Crippen LogP) is 0.670. The summed E-state index contributed by atoms with van der Waals surface area (Å²) in [4.78, 5) is 30.7. The highest BCUT2D eigenvalue weighted by atomic mass is 16.5. The number of carboxylic acids is 2. The highest BCUT2D eigenvalue weighted by Crippen LogP contribution is 2.07. The van der Waals surface area contributed by atoms with Gasteiger partial charge in [-0.15, -0.1) is 0 Å². The van der Waals surface area contributed by atoms with Gasteiger partial charge in [0.1, 0.15) is 6.61 Å². The summed E-state index contributed by atoms with van der Waals surface area (Å²) in [6.07, 6.45) is 0.0769. The van der Waals surface area contributed by atoms with Crippen LogP contribution in [-0.2, 0) is 19.1 Å². The van der Waals surface area contributed by atoms with Gasteiger partial charge in [0.25, 0.3) is 0 Å². The number of ether oxygens (including phenoxy) is 1. The Morgan fingerprint density at radius 3 is 2.00 bits per heavy atom. The maximum atomic E-state index is 10.5. The molecule has 0 bridgehead atoms. The minimum absolute atomic E-state index is 0.0473. The molecule has 7 heteroatoms. The minimum atomic E-state index is -1.06. The van der Waals surface area contributed by atoms with E-state index in [9.17, 15) is 14.4 Å². The zero-order chi connectivity index (χ0) is 15.4. The fraction of sp³-hybridized carbons (Fsp3) is 0.583. The summed E-state index contributed by atoms with van der Waals surface area (Å²) in [6.45, 7) is 6.47. The molecule has 0 aliphatic heterocycles. The molecule has 0 aromatic rings. The van der Waals surface area contributed by atoms with E-state index in [1.807, 2.05) is 0 Å². The fourth-order valence-corrected chi connectivity index (χ4v) is 0.879. The summed E-state index contributed by atoms with van der Waals surface area (Å²) >= 11 is 0. The van der Waals surface area contributed by atoms with Gasteiger partial charge in [-0.25, -0.2) is 4.79 Å². The van der Waals surface area contributed by atoms with E-state index in [-0.39, 0.29) is 19.6 Å². The van der Waals surface area contributed by atoms with E-state index in [1.54, 1.807) is 13.8 Å². The van der Waals surface area contributed by atoms with Gasteiger partial charge in [-0.05, 0) is 13.3 Å². The Hall–Kier alpha value is -1.89. The average Bonchev–Trinajstić information content (AvgIpc) is 2.32. The molecule has 0 fully saturated rings. The van der Waals surface area contributed by atoms with Crippen molar-refractivity contribution in [3.63, 3.8) is 0 Å². The second-order valence-corrected chi connectivity index (χ2v) is 3.68. The molecule has 19 heavy (non-hydrogen) atoms. The van der Waals surface area contributed by atoms with E-state index in [2.05, 4.69) is 11.3 Å². The molecule has 0 aromatic carbocycles. The van der Waals surface area contributed by atoms with Crippen LogP contribution in [0, 0.1) is 5.92 Å². The first-order valence-corrected chi connectivity index (χ1v) is 5.64. The van der Waals surface area contributed by atoms with Crippen LogP contribution in [0.25, 0.3) is 0 Å². The van der Waals surface area contributed by atoms with Gasteiger partial charge in [0.2, 0.25) is 0 Å². The number of hydrogen-bond acceptors (Lipinski definition) is 5. The van der Waals surface area contributed by atoms with E-state index in [4.69, 9.17) is 15.3 Å². The van der Waals surface area contributed by atoms with Crippen molar-refractivity contribution >= 4 is 17.9 Å². The first kappa shape index (κ1) is 19.4. The smallest absolute Gasteiger partial charge is 0.333 e. The fourth-order valence-electron chi connectivity index (χ4n) is 0.879. The largest absolute Gasteiger partial charge is 0.481 e. The number of rotatable bonds is 7. The number of aliphatic carboxylic acids is 2. The SMILES string of the molecule is C=C(C)C(=O)OCCO.CCC(CC(=O)O)C(=O)O. The number of aliphatic hydroxyl groups excluding tert-OH is 1. The van der Waals surface area contributed by atoms with Crippen LogP contribution < -0.4 is 0 Å². The molecular weight excluding hydrogens is 256 g/mol. The Kier molecular flexibility index (Phi) is 11.5. The van der Waals surface area contributed by atoms with Gasteiger partial charge in [0, 0.05) is 5.57 Å². The number of carbonyl (C=O) groups is 3. The van der Waals surface area contributed by atoms with Crippen molar-refractivity contribution in [2.45, 2.75) is 26.7 Å². The van der Waals surface area contributed by atoms with Crippen LogP contribution in [0.4, 0.5) is 0 Å². The highest BCUT2D eigenvalue weighted by Gasteiger charge is 2.17. The van der Waals surface area contributed by atoms with E-state index >= 15 is 0 Å². The lowest BCUT2D eigenvalue weighted by Gasteiger charge is -2.03. The van der Waals surface area contributed by atoms with Crippen LogP contribution in [0.5, 0.6) is 0 Å². The normalized spacial score (nSPS) is 10.7. The zero-order valence-electron chi connectivity index (χ0n) is 11.1. The van der Waals surface area contributed by atoms with Crippen LogP contribution in [0.1, 0.15) is 26.7 Å². The van der Waals surface area contributed by atoms with Gasteiger partial charge >= 0.3 is 17.9 Å². The Morgan fingerprint density at radius 2 is 1.79 bits per heavy atom. The molecule has 110 valence electrons. The summed E-state index contributed by atoms with van der Waals surface area (Å²) in [6, 6.07) is 0. The van der Waals surface area contributed by atoms with Gasteiger partial charge in [0.05, 0.1) is 18.9 Å². The molecule has 0 aliphatic carbocycles. The summed E-state index contributed by atoms with van der Waals surface area (Å²) < 4.78 is 4.46. The summed E-state index contributed by atoms with van der Waals surface area (Å²) in [7, 11) is 0. The van der Waals surface area contributed by atoms with Gasteiger partial charge in [-0.1, -0.05) is 13.5 Å². The lowest BCUT2D eigenvalue weighted by Crippen LogP contribution is -2.16. The van der Waals surface area contributed by atoms with Gasteiger partial charge in [0.15, 0.2) is 0 Å². The number of carboxylic acid groups (broad SMARTS) is 2. The molecular formula is C12H20O7. The molecule has 0 saturated heterocycles. The topological polar surface area (TPSA) is 121 Å². The Labute approximate surface area is 111 Å². The summed E-state index contributed by atoms with van der Waals surface area (Å²) in [5.74, 6) is -3.29. The molecule has 0 aromatic heterocycles. The second-order valence-electron chi connectivity index (χ2n) is 3.68. The molecule has 0 heterocycles.